The van der Waals surface area contributed by atoms with Gasteiger partial charge in [-0.1, -0.05) is 24.4 Å². The molecule has 5 heteroatoms. The number of hydrogen-bond acceptors (Lipinski definition) is 2. The topological polar surface area (TPSA) is 46.9 Å². The second-order valence-corrected chi connectivity index (χ2v) is 6.98. The van der Waals surface area contributed by atoms with E-state index in [0.717, 1.165) is 48.3 Å². The number of amides is 1. The Balaban J connectivity index is 1.57. The molecule has 2 aliphatic carbocycles. The molecule has 4 rings (SSSR count). The lowest BCUT2D eigenvalue weighted by Gasteiger charge is -2.25. The number of fused-ring (bicyclic) bond motifs is 1. The highest BCUT2D eigenvalue weighted by Gasteiger charge is 2.25. The normalized spacial score (nSPS) is 19.0. The summed E-state index contributed by atoms with van der Waals surface area (Å²) >= 11 is 6.29. The average molecular weight is 318 g/mol. The lowest BCUT2D eigenvalue weighted by Crippen LogP contribution is -2.27. The van der Waals surface area contributed by atoms with Crippen molar-refractivity contribution in [3.05, 3.63) is 23.4 Å². The number of nitrogens with zero attached hydrogens (tertiary/aromatic N) is 2. The SMILES string of the molecule is O=C(Nc1ccc2c(c1)c(Cl)nn2CC1CCC1)C1CCC1. The summed E-state index contributed by atoms with van der Waals surface area (Å²) in [6.07, 6.45) is 7.08. The van der Waals surface area contributed by atoms with E-state index in [0.29, 0.717) is 5.15 Å². The highest BCUT2D eigenvalue weighted by molar-refractivity contribution is 6.34. The van der Waals surface area contributed by atoms with Crippen molar-refractivity contribution in [3.8, 4) is 0 Å². The van der Waals surface area contributed by atoms with Crippen molar-refractivity contribution in [2.24, 2.45) is 11.8 Å². The number of rotatable bonds is 4. The molecule has 0 aliphatic heterocycles. The molecule has 2 aliphatic rings. The van der Waals surface area contributed by atoms with Crippen molar-refractivity contribution >= 4 is 34.1 Å². The number of aromatic nitrogens is 2. The first-order chi connectivity index (χ1) is 10.7. The molecule has 1 aromatic heterocycles. The van der Waals surface area contributed by atoms with Gasteiger partial charge in [0.25, 0.3) is 0 Å². The van der Waals surface area contributed by atoms with E-state index in [4.69, 9.17) is 11.6 Å². The molecule has 2 fully saturated rings. The molecule has 0 atom stereocenters. The Morgan fingerprint density at radius 3 is 2.68 bits per heavy atom. The number of halogens is 1. The van der Waals surface area contributed by atoms with Crippen molar-refractivity contribution in [1.29, 1.82) is 0 Å². The molecule has 0 radical (unpaired) electrons. The fourth-order valence-corrected chi connectivity index (χ4v) is 3.43. The molecule has 2 aromatic rings. The van der Waals surface area contributed by atoms with Gasteiger partial charge in [-0.25, -0.2) is 0 Å². The van der Waals surface area contributed by atoms with E-state index in [-0.39, 0.29) is 11.8 Å². The van der Waals surface area contributed by atoms with Gasteiger partial charge in [0.05, 0.1) is 5.52 Å². The van der Waals surface area contributed by atoms with E-state index >= 15 is 0 Å². The molecule has 0 spiro atoms. The van der Waals surface area contributed by atoms with Gasteiger partial charge in [0.2, 0.25) is 5.91 Å². The first-order valence-corrected chi connectivity index (χ1v) is 8.55. The van der Waals surface area contributed by atoms with Crippen molar-refractivity contribution < 1.29 is 4.79 Å². The summed E-state index contributed by atoms with van der Waals surface area (Å²) in [6, 6.07) is 5.91. The minimum atomic E-state index is 0.128. The van der Waals surface area contributed by atoms with Crippen LogP contribution in [-0.2, 0) is 11.3 Å². The summed E-state index contributed by atoms with van der Waals surface area (Å²) in [7, 11) is 0. The van der Waals surface area contributed by atoms with Gasteiger partial charge in [-0.15, -0.1) is 0 Å². The molecule has 22 heavy (non-hydrogen) atoms. The molecule has 1 amide bonds. The zero-order valence-corrected chi connectivity index (χ0v) is 13.3. The molecule has 1 N–H and O–H groups in total. The third-order valence-corrected chi connectivity index (χ3v) is 5.38. The number of carbonyl (C=O) groups is 1. The Kier molecular flexibility index (Phi) is 3.57. The van der Waals surface area contributed by atoms with Gasteiger partial charge in [0.1, 0.15) is 0 Å². The van der Waals surface area contributed by atoms with Crippen molar-refractivity contribution in [2.75, 3.05) is 5.32 Å². The monoisotopic (exact) mass is 317 g/mol. The fourth-order valence-electron chi connectivity index (χ4n) is 3.19. The van der Waals surface area contributed by atoms with Crippen LogP contribution in [0.25, 0.3) is 10.9 Å². The van der Waals surface area contributed by atoms with E-state index in [1.165, 1.54) is 19.3 Å². The minimum absolute atomic E-state index is 0.128. The van der Waals surface area contributed by atoms with E-state index in [2.05, 4.69) is 10.4 Å². The average Bonchev–Trinajstić information content (AvgIpc) is 2.68. The highest BCUT2D eigenvalue weighted by atomic mass is 35.5. The number of benzene rings is 1. The van der Waals surface area contributed by atoms with Gasteiger partial charge in [0, 0.05) is 23.5 Å². The molecular weight excluding hydrogens is 298 g/mol. The molecule has 2 saturated carbocycles. The molecule has 0 saturated heterocycles. The third kappa shape index (κ3) is 2.50. The van der Waals surface area contributed by atoms with Gasteiger partial charge in [-0.3, -0.25) is 9.48 Å². The fraction of sp³-hybridized carbons (Fsp3) is 0.529. The summed E-state index contributed by atoms with van der Waals surface area (Å²) in [4.78, 5) is 12.0. The molecule has 0 bridgehead atoms. The summed E-state index contributed by atoms with van der Waals surface area (Å²) in [6.45, 7) is 0.941. The van der Waals surface area contributed by atoms with Gasteiger partial charge in [-0.05, 0) is 49.8 Å². The summed E-state index contributed by atoms with van der Waals surface area (Å²) < 4.78 is 2.01. The Morgan fingerprint density at radius 1 is 1.27 bits per heavy atom. The maximum Gasteiger partial charge on any atom is 0.227 e. The summed E-state index contributed by atoms with van der Waals surface area (Å²) in [5.41, 5.74) is 1.87. The molecular formula is C17H20ClN3O. The van der Waals surface area contributed by atoms with Gasteiger partial charge in [-0.2, -0.15) is 5.10 Å². The third-order valence-electron chi connectivity index (χ3n) is 5.10. The lowest BCUT2D eigenvalue weighted by atomic mass is 9.85. The predicted molar refractivity (Wildman–Crippen MR) is 88.1 cm³/mol. The van der Waals surface area contributed by atoms with Gasteiger partial charge in [0.15, 0.2) is 5.15 Å². The Labute approximate surface area is 134 Å². The van der Waals surface area contributed by atoms with Crippen molar-refractivity contribution in [3.63, 3.8) is 0 Å². The number of anilines is 1. The van der Waals surface area contributed by atoms with Gasteiger partial charge < -0.3 is 5.32 Å². The lowest BCUT2D eigenvalue weighted by molar-refractivity contribution is -0.122. The van der Waals surface area contributed by atoms with Crippen LogP contribution in [0.5, 0.6) is 0 Å². The quantitative estimate of drug-likeness (QED) is 0.917. The Hall–Kier alpha value is -1.55. The molecule has 1 aromatic carbocycles. The van der Waals surface area contributed by atoms with Gasteiger partial charge >= 0.3 is 0 Å². The molecule has 1 heterocycles. The van der Waals surface area contributed by atoms with Crippen LogP contribution >= 0.6 is 11.6 Å². The van der Waals surface area contributed by atoms with Crippen LogP contribution in [0.1, 0.15) is 38.5 Å². The molecule has 0 unspecified atom stereocenters. The zero-order valence-electron chi connectivity index (χ0n) is 12.5. The molecule has 116 valence electrons. The highest BCUT2D eigenvalue weighted by Crippen LogP contribution is 2.32. The van der Waals surface area contributed by atoms with Crippen LogP contribution in [0.3, 0.4) is 0 Å². The number of carbonyl (C=O) groups excluding carboxylic acids is 1. The first-order valence-electron chi connectivity index (χ1n) is 8.17. The van der Waals surface area contributed by atoms with E-state index in [1.54, 1.807) is 0 Å². The maximum atomic E-state index is 12.0. The van der Waals surface area contributed by atoms with Crippen molar-refractivity contribution in [1.82, 2.24) is 9.78 Å². The van der Waals surface area contributed by atoms with E-state index < -0.39 is 0 Å². The smallest absolute Gasteiger partial charge is 0.227 e. The number of nitrogens with one attached hydrogen (secondary N) is 1. The van der Waals surface area contributed by atoms with Crippen LogP contribution in [0, 0.1) is 11.8 Å². The second-order valence-electron chi connectivity index (χ2n) is 6.62. The first kappa shape index (κ1) is 14.1. The standard InChI is InChI=1S/C17H20ClN3O/c18-16-14-9-13(19-17(22)12-5-2-6-12)7-8-15(14)21(20-16)10-11-3-1-4-11/h7-9,11-12H,1-6,10H2,(H,19,22). The predicted octanol–water partition coefficient (Wildman–Crippen LogP) is 4.23. The maximum absolute atomic E-state index is 12.0. The van der Waals surface area contributed by atoms with E-state index in [9.17, 15) is 4.79 Å². The van der Waals surface area contributed by atoms with Crippen molar-refractivity contribution in [2.45, 2.75) is 45.1 Å². The summed E-state index contributed by atoms with van der Waals surface area (Å²) in [5, 5.41) is 8.91. The Bertz CT molecular complexity index is 716. The van der Waals surface area contributed by atoms with Crippen LogP contribution in [0.4, 0.5) is 5.69 Å². The van der Waals surface area contributed by atoms with E-state index in [1.807, 2.05) is 22.9 Å². The Morgan fingerprint density at radius 2 is 2.05 bits per heavy atom. The number of hydrogen-bond donors (Lipinski definition) is 1. The van der Waals surface area contributed by atoms with Crippen LogP contribution in [0.2, 0.25) is 5.15 Å². The van der Waals surface area contributed by atoms with Crippen LogP contribution < -0.4 is 5.32 Å². The summed E-state index contributed by atoms with van der Waals surface area (Å²) in [5.74, 6) is 1.05. The van der Waals surface area contributed by atoms with Crippen LogP contribution in [0.15, 0.2) is 18.2 Å². The largest absolute Gasteiger partial charge is 0.326 e. The molecule has 4 nitrogen and oxygen atoms in total. The van der Waals surface area contributed by atoms with Crippen LogP contribution in [-0.4, -0.2) is 15.7 Å². The zero-order chi connectivity index (χ0) is 15.1. The second kappa shape index (κ2) is 5.58. The minimum Gasteiger partial charge on any atom is -0.326 e.